The Morgan fingerprint density at radius 2 is 2.36 bits per heavy atom. The Bertz CT molecular complexity index is 331. The van der Waals surface area contributed by atoms with E-state index in [0.29, 0.717) is 0 Å². The van der Waals surface area contributed by atoms with Crippen LogP contribution in [-0.4, -0.2) is 16.1 Å². The van der Waals surface area contributed by atoms with Gasteiger partial charge in [-0.25, -0.2) is 4.98 Å². The van der Waals surface area contributed by atoms with Crippen LogP contribution in [0.1, 0.15) is 10.5 Å². The van der Waals surface area contributed by atoms with Crippen molar-refractivity contribution in [3.8, 4) is 5.75 Å². The SMILES string of the molecule is O=C(CBr)c1ncccc1O[Br+2]([O-])[O-]. The van der Waals surface area contributed by atoms with E-state index in [-0.39, 0.29) is 22.6 Å². The summed E-state index contributed by atoms with van der Waals surface area (Å²) < 4.78 is 25.1. The first-order valence-corrected chi connectivity index (χ1v) is 6.49. The summed E-state index contributed by atoms with van der Waals surface area (Å²) in [5.74, 6) is -0.360. The third kappa shape index (κ3) is 3.02. The van der Waals surface area contributed by atoms with Crippen LogP contribution in [0.15, 0.2) is 18.3 Å². The molecule has 0 aliphatic carbocycles. The van der Waals surface area contributed by atoms with E-state index in [1.807, 2.05) is 0 Å². The van der Waals surface area contributed by atoms with Crippen LogP contribution in [0.25, 0.3) is 0 Å². The lowest BCUT2D eigenvalue weighted by atomic mass is 10.2. The first-order chi connectivity index (χ1) is 6.65. The largest absolute Gasteiger partial charge is 0.501 e. The summed E-state index contributed by atoms with van der Waals surface area (Å²) >= 11 is -0.419. The van der Waals surface area contributed by atoms with Gasteiger partial charge >= 0.3 is 14.8 Å². The number of rotatable bonds is 4. The number of hydrogen-bond acceptors (Lipinski definition) is 5. The maximum Gasteiger partial charge on any atom is 0.501 e. The molecule has 76 valence electrons. The number of hydrogen-bond donors (Lipinski definition) is 0. The number of Topliss-reactive ketones (excluding diaryl/α,β-unsaturated/α-hetero) is 1. The lowest BCUT2D eigenvalue weighted by Crippen LogP contribution is -2.37. The van der Waals surface area contributed by atoms with E-state index < -0.39 is 14.8 Å². The minimum atomic E-state index is -3.38. The predicted octanol–water partition coefficient (Wildman–Crippen LogP) is -0.876. The highest BCUT2D eigenvalue weighted by Gasteiger charge is 2.21. The maximum atomic E-state index is 11.2. The average molecular weight is 327 g/mol. The van der Waals surface area contributed by atoms with Gasteiger partial charge in [-0.15, -0.1) is 3.83 Å². The number of aromatic nitrogens is 1. The minimum Gasteiger partial charge on any atom is -0.361 e. The minimum absolute atomic E-state index is 0.0131. The van der Waals surface area contributed by atoms with Crippen molar-refractivity contribution in [1.82, 2.24) is 4.98 Å². The van der Waals surface area contributed by atoms with Crippen molar-refractivity contribution in [1.29, 1.82) is 0 Å². The smallest absolute Gasteiger partial charge is 0.361 e. The summed E-state index contributed by atoms with van der Waals surface area (Å²) in [6, 6.07) is 2.87. The molecule has 1 rings (SSSR count). The van der Waals surface area contributed by atoms with Crippen LogP contribution < -0.4 is 12.2 Å². The van der Waals surface area contributed by atoms with E-state index in [2.05, 4.69) is 24.7 Å². The predicted molar refractivity (Wildman–Crippen MR) is 43.0 cm³/mol. The second-order valence-corrected chi connectivity index (χ2v) is 3.85. The van der Waals surface area contributed by atoms with Crippen LogP contribution >= 0.6 is 15.9 Å². The van der Waals surface area contributed by atoms with Gasteiger partial charge in [-0.05, 0) is 12.1 Å². The molecule has 0 N–H and O–H groups in total. The van der Waals surface area contributed by atoms with Gasteiger partial charge in [0, 0.05) is 6.20 Å². The molecule has 0 unspecified atom stereocenters. The summed E-state index contributed by atoms with van der Waals surface area (Å²) in [5.41, 5.74) is 0.0131. The number of halogens is 2. The first kappa shape index (κ1) is 11.6. The van der Waals surface area contributed by atoms with E-state index in [1.54, 1.807) is 0 Å². The molecule has 0 atom stereocenters. The van der Waals surface area contributed by atoms with E-state index >= 15 is 0 Å². The van der Waals surface area contributed by atoms with Crippen LogP contribution in [0.2, 0.25) is 0 Å². The van der Waals surface area contributed by atoms with Crippen molar-refractivity contribution in [2.45, 2.75) is 0 Å². The third-order valence-corrected chi connectivity index (χ3v) is 2.42. The van der Waals surface area contributed by atoms with Crippen molar-refractivity contribution >= 4 is 21.7 Å². The van der Waals surface area contributed by atoms with Gasteiger partial charge in [0.2, 0.25) is 0 Å². The van der Waals surface area contributed by atoms with E-state index in [9.17, 15) is 13.2 Å². The van der Waals surface area contributed by atoms with Gasteiger partial charge in [-0.2, -0.15) is 0 Å². The van der Waals surface area contributed by atoms with Gasteiger partial charge in [-0.1, -0.05) is 15.9 Å². The Hall–Kier alpha value is -0.500. The molecule has 0 aliphatic rings. The lowest BCUT2D eigenvalue weighted by molar-refractivity contribution is -1.62. The van der Waals surface area contributed by atoms with Gasteiger partial charge in [0.15, 0.2) is 11.5 Å². The highest BCUT2D eigenvalue weighted by molar-refractivity contribution is 9.09. The standard InChI is InChI=1S/C7H5Br2NO4/c8-4-5(11)7-6(14-9(12)13)2-1-3-10-7/h1-3H,4H2. The van der Waals surface area contributed by atoms with Crippen LogP contribution in [0.3, 0.4) is 0 Å². The molecule has 0 saturated heterocycles. The van der Waals surface area contributed by atoms with Gasteiger partial charge in [0.05, 0.1) is 5.33 Å². The van der Waals surface area contributed by atoms with Crippen LogP contribution in [0.4, 0.5) is 0 Å². The number of ketones is 1. The monoisotopic (exact) mass is 325 g/mol. The molecular weight excluding hydrogens is 322 g/mol. The number of carbonyl (C=O) groups is 1. The molecule has 5 nitrogen and oxygen atoms in total. The molecule has 0 aliphatic heterocycles. The fourth-order valence-electron chi connectivity index (χ4n) is 0.793. The maximum absolute atomic E-state index is 11.2. The number of nitrogens with zero attached hydrogens (tertiary/aromatic N) is 1. The third-order valence-electron chi connectivity index (χ3n) is 1.30. The molecule has 1 heterocycles. The summed E-state index contributed by atoms with van der Waals surface area (Å²) in [6.45, 7) is 0. The topological polar surface area (TPSA) is 85.3 Å². The Labute approximate surface area is 93.7 Å². The molecule has 0 radical (unpaired) electrons. The summed E-state index contributed by atoms with van der Waals surface area (Å²) in [6.07, 6.45) is 1.39. The van der Waals surface area contributed by atoms with Crippen LogP contribution in [0, 0.1) is 14.8 Å². The Morgan fingerprint density at radius 3 is 2.93 bits per heavy atom. The number of alkyl halides is 1. The summed E-state index contributed by atoms with van der Waals surface area (Å²) in [5, 5.41) is 0.0699. The Kier molecular flexibility index (Phi) is 4.46. The average Bonchev–Trinajstić information content (AvgIpc) is 2.16. The van der Waals surface area contributed by atoms with Crippen molar-refractivity contribution in [3.63, 3.8) is 0 Å². The Morgan fingerprint density at radius 1 is 1.64 bits per heavy atom. The molecule has 0 spiro atoms. The molecule has 0 bridgehead atoms. The number of pyridine rings is 1. The second-order valence-electron chi connectivity index (χ2n) is 2.17. The zero-order valence-corrected chi connectivity index (χ0v) is 9.95. The van der Waals surface area contributed by atoms with Crippen molar-refractivity contribution in [2.24, 2.45) is 0 Å². The van der Waals surface area contributed by atoms with Gasteiger partial charge < -0.3 is 8.40 Å². The van der Waals surface area contributed by atoms with Crippen LogP contribution in [-0.2, 0) is 0 Å². The van der Waals surface area contributed by atoms with Gasteiger partial charge in [0.1, 0.15) is 0 Å². The normalized spacial score (nSPS) is 10.3. The Balaban J connectivity index is 2.97. The van der Waals surface area contributed by atoms with Gasteiger partial charge in [0.25, 0.3) is 5.75 Å². The van der Waals surface area contributed by atoms with E-state index in [1.165, 1.54) is 18.3 Å². The summed E-state index contributed by atoms with van der Waals surface area (Å²) in [4.78, 5) is 15.0. The zero-order chi connectivity index (χ0) is 10.6. The highest BCUT2D eigenvalue weighted by atomic mass is 80.0. The number of carbonyl (C=O) groups excluding carboxylic acids is 1. The van der Waals surface area contributed by atoms with Crippen LogP contribution in [0.5, 0.6) is 5.75 Å². The first-order valence-electron chi connectivity index (χ1n) is 3.43. The lowest BCUT2D eigenvalue weighted by Gasteiger charge is -1.99. The molecule has 0 saturated carbocycles. The van der Waals surface area contributed by atoms with Crippen molar-refractivity contribution in [2.75, 3.05) is 5.33 Å². The molecule has 0 fully saturated rings. The van der Waals surface area contributed by atoms with Crippen molar-refractivity contribution in [3.05, 3.63) is 24.0 Å². The second kappa shape index (κ2) is 5.40. The fourth-order valence-corrected chi connectivity index (χ4v) is 1.60. The molecular formula is C7H5Br2NO4. The van der Waals surface area contributed by atoms with Crippen molar-refractivity contribution < 1.29 is 31.8 Å². The molecule has 14 heavy (non-hydrogen) atoms. The molecule has 1 aromatic rings. The molecule has 7 heteroatoms. The molecule has 0 aromatic carbocycles. The summed E-state index contributed by atoms with van der Waals surface area (Å²) in [7, 11) is 0. The molecule has 0 amide bonds. The van der Waals surface area contributed by atoms with E-state index in [0.717, 1.165) is 0 Å². The quantitative estimate of drug-likeness (QED) is 0.530. The van der Waals surface area contributed by atoms with Gasteiger partial charge in [-0.3, -0.25) is 4.79 Å². The van der Waals surface area contributed by atoms with E-state index in [4.69, 9.17) is 0 Å². The zero-order valence-electron chi connectivity index (χ0n) is 6.78. The highest BCUT2D eigenvalue weighted by Crippen LogP contribution is 2.17. The molecule has 1 aromatic heterocycles. The fraction of sp³-hybridized carbons (Fsp3) is 0.143.